The molecule has 0 radical (unpaired) electrons. The summed E-state index contributed by atoms with van der Waals surface area (Å²) in [6, 6.07) is 24.3. The molecular formula is C22H20N2O3. The number of phenolic OH excluding ortho intramolecular Hbond substituents is 1. The maximum absolute atomic E-state index is 12.1. The standard InChI is InChI=1S/C22H20N2O3/c1-16(22(26)24-23-15-19-9-5-6-10-21(19)25)27-20-13-11-18(12-14-20)17-7-3-2-4-8-17/h2-16,25H,1H3,(H,24,26). The minimum absolute atomic E-state index is 0.0957. The van der Waals surface area contributed by atoms with Crippen LogP contribution in [0.5, 0.6) is 11.5 Å². The molecular weight excluding hydrogens is 340 g/mol. The van der Waals surface area contributed by atoms with E-state index in [1.807, 2.05) is 54.6 Å². The van der Waals surface area contributed by atoms with E-state index in [0.29, 0.717) is 11.3 Å². The summed E-state index contributed by atoms with van der Waals surface area (Å²) in [7, 11) is 0. The smallest absolute Gasteiger partial charge is 0.280 e. The first-order valence-electron chi connectivity index (χ1n) is 8.56. The Labute approximate surface area is 157 Å². The molecule has 0 aliphatic carbocycles. The van der Waals surface area contributed by atoms with Gasteiger partial charge in [-0.25, -0.2) is 5.43 Å². The molecule has 136 valence electrons. The van der Waals surface area contributed by atoms with E-state index >= 15 is 0 Å². The molecule has 0 saturated heterocycles. The van der Waals surface area contributed by atoms with Crippen molar-refractivity contribution in [1.82, 2.24) is 5.43 Å². The molecule has 5 nitrogen and oxygen atoms in total. The molecule has 0 saturated carbocycles. The van der Waals surface area contributed by atoms with Gasteiger partial charge in [-0.15, -0.1) is 0 Å². The number of ether oxygens (including phenoxy) is 1. The van der Waals surface area contributed by atoms with Crippen molar-refractivity contribution in [2.75, 3.05) is 0 Å². The van der Waals surface area contributed by atoms with Gasteiger partial charge in [-0.05, 0) is 42.3 Å². The molecule has 3 aromatic carbocycles. The van der Waals surface area contributed by atoms with Crippen LogP contribution in [0.15, 0.2) is 84.0 Å². The molecule has 3 aromatic rings. The number of phenols is 1. The van der Waals surface area contributed by atoms with Crippen LogP contribution in [-0.4, -0.2) is 23.3 Å². The summed E-state index contributed by atoms with van der Waals surface area (Å²) in [5.74, 6) is 0.314. The normalized spacial score (nSPS) is 11.9. The number of nitrogens with zero attached hydrogens (tertiary/aromatic N) is 1. The molecule has 0 spiro atoms. The maximum Gasteiger partial charge on any atom is 0.280 e. The quantitative estimate of drug-likeness (QED) is 0.516. The lowest BCUT2D eigenvalue weighted by Gasteiger charge is -2.13. The Morgan fingerprint density at radius 2 is 1.59 bits per heavy atom. The zero-order valence-electron chi connectivity index (χ0n) is 14.9. The second-order valence-electron chi connectivity index (χ2n) is 5.94. The molecule has 1 atom stereocenters. The number of aromatic hydroxyl groups is 1. The van der Waals surface area contributed by atoms with Crippen molar-refractivity contribution >= 4 is 12.1 Å². The van der Waals surface area contributed by atoms with Crippen LogP contribution in [0.1, 0.15) is 12.5 Å². The summed E-state index contributed by atoms with van der Waals surface area (Å²) in [5, 5.41) is 13.5. The van der Waals surface area contributed by atoms with Gasteiger partial charge in [0.2, 0.25) is 0 Å². The Balaban J connectivity index is 1.56. The maximum atomic E-state index is 12.1. The first-order valence-corrected chi connectivity index (χ1v) is 8.56. The third kappa shape index (κ3) is 4.95. The largest absolute Gasteiger partial charge is 0.507 e. The Hall–Kier alpha value is -3.60. The van der Waals surface area contributed by atoms with Gasteiger partial charge < -0.3 is 9.84 Å². The molecule has 5 heteroatoms. The van der Waals surface area contributed by atoms with Crippen LogP contribution in [-0.2, 0) is 4.79 Å². The van der Waals surface area contributed by atoms with Gasteiger partial charge in [0.25, 0.3) is 5.91 Å². The van der Waals surface area contributed by atoms with Crippen LogP contribution in [0, 0.1) is 0 Å². The van der Waals surface area contributed by atoms with Gasteiger partial charge in [0.15, 0.2) is 6.10 Å². The van der Waals surface area contributed by atoms with Gasteiger partial charge in [-0.1, -0.05) is 54.6 Å². The van der Waals surface area contributed by atoms with E-state index < -0.39 is 6.10 Å². The lowest BCUT2D eigenvalue weighted by atomic mass is 10.1. The molecule has 1 amide bonds. The third-order valence-corrected chi connectivity index (χ3v) is 3.96. The van der Waals surface area contributed by atoms with Crippen LogP contribution >= 0.6 is 0 Å². The lowest BCUT2D eigenvalue weighted by molar-refractivity contribution is -0.127. The molecule has 3 rings (SSSR count). The Bertz CT molecular complexity index is 922. The molecule has 2 N–H and O–H groups in total. The van der Waals surface area contributed by atoms with E-state index in [9.17, 15) is 9.90 Å². The average Bonchev–Trinajstić information content (AvgIpc) is 2.70. The van der Waals surface area contributed by atoms with Gasteiger partial charge in [0.1, 0.15) is 11.5 Å². The average molecular weight is 360 g/mol. The van der Waals surface area contributed by atoms with E-state index in [1.54, 1.807) is 31.2 Å². The highest BCUT2D eigenvalue weighted by molar-refractivity contribution is 5.86. The highest BCUT2D eigenvalue weighted by atomic mass is 16.5. The Morgan fingerprint density at radius 3 is 2.30 bits per heavy atom. The number of para-hydroxylation sites is 1. The zero-order chi connectivity index (χ0) is 19.1. The van der Waals surface area contributed by atoms with Crippen molar-refractivity contribution < 1.29 is 14.6 Å². The molecule has 0 aliphatic heterocycles. The highest BCUT2D eigenvalue weighted by Crippen LogP contribution is 2.22. The van der Waals surface area contributed by atoms with E-state index in [1.165, 1.54) is 6.21 Å². The molecule has 1 unspecified atom stereocenters. The van der Waals surface area contributed by atoms with E-state index in [-0.39, 0.29) is 11.7 Å². The summed E-state index contributed by atoms with van der Waals surface area (Å²) >= 11 is 0. The summed E-state index contributed by atoms with van der Waals surface area (Å²) in [4.78, 5) is 12.1. The fraction of sp³-hybridized carbons (Fsp3) is 0.0909. The van der Waals surface area contributed by atoms with Gasteiger partial charge in [-0.3, -0.25) is 4.79 Å². The predicted molar refractivity (Wildman–Crippen MR) is 106 cm³/mol. The van der Waals surface area contributed by atoms with E-state index in [4.69, 9.17) is 4.74 Å². The van der Waals surface area contributed by atoms with Crippen LogP contribution < -0.4 is 10.2 Å². The number of carbonyl (C=O) groups excluding carboxylic acids is 1. The molecule has 0 aromatic heterocycles. The van der Waals surface area contributed by atoms with Crippen molar-refractivity contribution in [3.05, 3.63) is 84.4 Å². The minimum atomic E-state index is -0.714. The zero-order valence-corrected chi connectivity index (χ0v) is 14.9. The van der Waals surface area contributed by atoms with Crippen LogP contribution in [0.3, 0.4) is 0 Å². The Morgan fingerprint density at radius 1 is 0.963 bits per heavy atom. The number of carbonyl (C=O) groups is 1. The van der Waals surface area contributed by atoms with Crippen molar-refractivity contribution in [3.63, 3.8) is 0 Å². The van der Waals surface area contributed by atoms with Crippen molar-refractivity contribution in [2.24, 2.45) is 5.10 Å². The second kappa shape index (κ2) is 8.67. The number of amides is 1. The van der Waals surface area contributed by atoms with Crippen LogP contribution in [0.2, 0.25) is 0 Å². The van der Waals surface area contributed by atoms with E-state index in [2.05, 4.69) is 10.5 Å². The van der Waals surface area contributed by atoms with E-state index in [0.717, 1.165) is 11.1 Å². The second-order valence-corrected chi connectivity index (χ2v) is 5.94. The number of hydrogen-bond acceptors (Lipinski definition) is 4. The summed E-state index contributed by atoms with van der Waals surface area (Å²) in [5.41, 5.74) is 5.12. The van der Waals surface area contributed by atoms with Crippen molar-refractivity contribution in [1.29, 1.82) is 0 Å². The summed E-state index contributed by atoms with van der Waals surface area (Å²) in [6.45, 7) is 1.65. The number of benzene rings is 3. The first kappa shape index (κ1) is 18.2. The minimum Gasteiger partial charge on any atom is -0.507 e. The predicted octanol–water partition coefficient (Wildman–Crippen LogP) is 3.98. The SMILES string of the molecule is CC(Oc1ccc(-c2ccccc2)cc1)C(=O)NN=Cc1ccccc1O. The van der Waals surface area contributed by atoms with Gasteiger partial charge >= 0.3 is 0 Å². The van der Waals surface area contributed by atoms with Crippen molar-refractivity contribution in [3.8, 4) is 22.6 Å². The molecule has 0 aliphatic rings. The van der Waals surface area contributed by atoms with Gasteiger partial charge in [0, 0.05) is 5.56 Å². The fourth-order valence-corrected chi connectivity index (χ4v) is 2.47. The van der Waals surface area contributed by atoms with Crippen LogP contribution in [0.4, 0.5) is 0 Å². The molecule has 27 heavy (non-hydrogen) atoms. The number of nitrogens with one attached hydrogen (secondary N) is 1. The fourth-order valence-electron chi connectivity index (χ4n) is 2.47. The van der Waals surface area contributed by atoms with Crippen LogP contribution in [0.25, 0.3) is 11.1 Å². The first-order chi connectivity index (χ1) is 13.1. The topological polar surface area (TPSA) is 70.9 Å². The number of hydrogen-bond donors (Lipinski definition) is 2. The Kier molecular flexibility index (Phi) is 5.84. The molecule has 0 bridgehead atoms. The van der Waals surface area contributed by atoms with Crippen molar-refractivity contribution in [2.45, 2.75) is 13.0 Å². The number of hydrazone groups is 1. The molecule has 0 fully saturated rings. The van der Waals surface area contributed by atoms with Gasteiger partial charge in [0.05, 0.1) is 6.21 Å². The monoisotopic (exact) mass is 360 g/mol. The third-order valence-electron chi connectivity index (χ3n) is 3.96. The lowest BCUT2D eigenvalue weighted by Crippen LogP contribution is -2.33. The summed E-state index contributed by atoms with van der Waals surface area (Å²) in [6.07, 6.45) is 0.670. The van der Waals surface area contributed by atoms with Gasteiger partial charge in [-0.2, -0.15) is 5.10 Å². The highest BCUT2D eigenvalue weighted by Gasteiger charge is 2.14. The summed E-state index contributed by atoms with van der Waals surface area (Å²) < 4.78 is 5.66. The molecule has 0 heterocycles. The number of rotatable bonds is 6.